The number of carbonyl (C=O) groups is 1. The minimum absolute atomic E-state index is 0.277. The van der Waals surface area contributed by atoms with Crippen LogP contribution in [0.1, 0.15) is 46.0 Å². The second kappa shape index (κ2) is 5.11. The molecule has 0 aromatic carbocycles. The summed E-state index contributed by atoms with van der Waals surface area (Å²) >= 11 is 1.80. The maximum atomic E-state index is 11.0. The highest BCUT2D eigenvalue weighted by molar-refractivity contribution is 8.13. The lowest BCUT2D eigenvalue weighted by atomic mass is 9.89. The Morgan fingerprint density at radius 2 is 2.17 bits per heavy atom. The van der Waals surface area contributed by atoms with Crippen LogP contribution in [0.2, 0.25) is 0 Å². The molecule has 0 aromatic rings. The highest BCUT2D eigenvalue weighted by atomic mass is 32.2. The van der Waals surface area contributed by atoms with Crippen molar-refractivity contribution in [2.45, 2.75) is 51.5 Å². The molecular weight excluding hydrogens is 246 g/mol. The minimum Gasteiger partial charge on any atom is -0.370 e. The number of amides is 1. The van der Waals surface area contributed by atoms with Crippen LogP contribution in [0.25, 0.3) is 0 Å². The predicted octanol–water partition coefficient (Wildman–Crippen LogP) is 1.89. The van der Waals surface area contributed by atoms with Crippen molar-refractivity contribution in [2.75, 3.05) is 12.3 Å². The minimum atomic E-state index is -0.308. The molecule has 0 bridgehead atoms. The van der Waals surface area contributed by atoms with Crippen molar-refractivity contribution in [3.05, 3.63) is 0 Å². The average Bonchev–Trinajstić information content (AvgIpc) is 2.68. The van der Waals surface area contributed by atoms with Crippen LogP contribution in [-0.4, -0.2) is 28.9 Å². The Morgan fingerprint density at radius 3 is 2.67 bits per heavy atom. The third kappa shape index (κ3) is 3.40. The number of hydrogen-bond acceptors (Lipinski definition) is 4. The highest BCUT2D eigenvalue weighted by Crippen LogP contribution is 2.43. The topological polar surface area (TPSA) is 67.5 Å². The highest BCUT2D eigenvalue weighted by Gasteiger charge is 2.37. The predicted molar refractivity (Wildman–Crippen MR) is 76.7 cm³/mol. The van der Waals surface area contributed by atoms with E-state index >= 15 is 0 Å². The number of nitrogens with one attached hydrogen (secondary N) is 1. The van der Waals surface area contributed by atoms with E-state index in [1.165, 1.54) is 25.7 Å². The first-order valence-corrected chi connectivity index (χ1v) is 7.63. The second-order valence-electron chi connectivity index (χ2n) is 6.27. The molecule has 1 aliphatic heterocycles. The van der Waals surface area contributed by atoms with Crippen LogP contribution >= 0.6 is 11.8 Å². The van der Waals surface area contributed by atoms with Crippen molar-refractivity contribution in [1.82, 2.24) is 5.32 Å². The third-order valence-corrected chi connectivity index (χ3v) is 5.06. The molecule has 1 saturated carbocycles. The maximum absolute atomic E-state index is 11.0. The number of nitrogens with zero attached hydrogens (tertiary/aromatic N) is 1. The van der Waals surface area contributed by atoms with E-state index in [-0.39, 0.29) is 11.4 Å². The lowest BCUT2D eigenvalue weighted by molar-refractivity contribution is -0.119. The smallest absolute Gasteiger partial charge is 0.219 e. The molecule has 1 amide bonds. The molecule has 1 fully saturated rings. The summed E-state index contributed by atoms with van der Waals surface area (Å²) in [5, 5.41) is 4.32. The van der Waals surface area contributed by atoms with Gasteiger partial charge in [0.2, 0.25) is 5.91 Å². The van der Waals surface area contributed by atoms with Crippen LogP contribution in [0.3, 0.4) is 0 Å². The first-order chi connectivity index (χ1) is 8.41. The van der Waals surface area contributed by atoms with E-state index in [0.29, 0.717) is 11.8 Å². The fraction of sp³-hybridized carbons (Fsp3) is 0.846. The van der Waals surface area contributed by atoms with Crippen LogP contribution in [0.4, 0.5) is 0 Å². The largest absolute Gasteiger partial charge is 0.370 e. The summed E-state index contributed by atoms with van der Waals surface area (Å²) in [6, 6.07) is 0. The molecule has 0 aromatic heterocycles. The van der Waals surface area contributed by atoms with Gasteiger partial charge in [-0.3, -0.25) is 9.79 Å². The summed E-state index contributed by atoms with van der Waals surface area (Å²) in [5.41, 5.74) is 5.41. The first-order valence-electron chi connectivity index (χ1n) is 6.65. The van der Waals surface area contributed by atoms with Crippen molar-refractivity contribution < 1.29 is 4.79 Å². The van der Waals surface area contributed by atoms with Crippen LogP contribution in [0.15, 0.2) is 4.99 Å². The fourth-order valence-electron chi connectivity index (χ4n) is 2.82. The Balaban J connectivity index is 1.91. The van der Waals surface area contributed by atoms with E-state index in [1.807, 2.05) is 13.8 Å². The van der Waals surface area contributed by atoms with Crippen molar-refractivity contribution in [1.29, 1.82) is 0 Å². The molecule has 0 saturated heterocycles. The first kappa shape index (κ1) is 13.7. The standard InChI is InChI=1S/C13H23N3OS/c1-12(2,7-10(14)17)16-11-15-8-13(9-18-11)5-3-4-6-13/h3-9H2,1-2H3,(H2,14,17)(H,15,16). The Morgan fingerprint density at radius 1 is 1.50 bits per heavy atom. The zero-order chi connectivity index (χ0) is 13.2. The van der Waals surface area contributed by atoms with Gasteiger partial charge in [-0.15, -0.1) is 0 Å². The van der Waals surface area contributed by atoms with E-state index in [2.05, 4.69) is 10.3 Å². The van der Waals surface area contributed by atoms with Crippen molar-refractivity contribution in [2.24, 2.45) is 16.1 Å². The van der Waals surface area contributed by atoms with Gasteiger partial charge in [-0.1, -0.05) is 24.6 Å². The fourth-order valence-corrected chi connectivity index (χ4v) is 4.15. The van der Waals surface area contributed by atoms with E-state index < -0.39 is 0 Å². The van der Waals surface area contributed by atoms with Gasteiger partial charge in [-0.05, 0) is 32.1 Å². The number of aliphatic imine (C=N–C) groups is 1. The Labute approximate surface area is 113 Å². The lowest BCUT2D eigenvalue weighted by Gasteiger charge is -2.34. The maximum Gasteiger partial charge on any atom is 0.219 e. The van der Waals surface area contributed by atoms with E-state index in [4.69, 9.17) is 5.73 Å². The lowest BCUT2D eigenvalue weighted by Crippen LogP contribution is -2.47. The van der Waals surface area contributed by atoms with Crippen LogP contribution in [0.5, 0.6) is 0 Å². The number of nitrogens with two attached hydrogens (primary N) is 1. The Bertz CT molecular complexity index is 359. The molecule has 18 heavy (non-hydrogen) atoms. The number of carbonyl (C=O) groups excluding carboxylic acids is 1. The van der Waals surface area contributed by atoms with E-state index in [0.717, 1.165) is 17.5 Å². The average molecular weight is 269 g/mol. The third-order valence-electron chi connectivity index (χ3n) is 3.80. The summed E-state index contributed by atoms with van der Waals surface area (Å²) in [6.45, 7) is 4.91. The molecule has 1 aliphatic carbocycles. The van der Waals surface area contributed by atoms with Gasteiger partial charge in [-0.2, -0.15) is 0 Å². The summed E-state index contributed by atoms with van der Waals surface area (Å²) in [5.74, 6) is 0.882. The van der Waals surface area contributed by atoms with Crippen LogP contribution in [0, 0.1) is 5.41 Å². The Hall–Kier alpha value is -0.710. The van der Waals surface area contributed by atoms with Gasteiger partial charge in [0, 0.05) is 24.3 Å². The van der Waals surface area contributed by atoms with Crippen LogP contribution in [-0.2, 0) is 4.79 Å². The monoisotopic (exact) mass is 269 g/mol. The molecule has 0 radical (unpaired) electrons. The molecule has 0 unspecified atom stereocenters. The van der Waals surface area contributed by atoms with E-state index in [9.17, 15) is 4.79 Å². The summed E-state index contributed by atoms with van der Waals surface area (Å²) in [7, 11) is 0. The summed E-state index contributed by atoms with van der Waals surface area (Å²) < 4.78 is 0. The van der Waals surface area contributed by atoms with E-state index in [1.54, 1.807) is 11.8 Å². The molecule has 1 spiro atoms. The zero-order valence-electron chi connectivity index (χ0n) is 11.3. The Kier molecular flexibility index (Phi) is 3.90. The molecule has 2 aliphatic rings. The molecule has 0 atom stereocenters. The molecule has 102 valence electrons. The van der Waals surface area contributed by atoms with Crippen molar-refractivity contribution in [3.63, 3.8) is 0 Å². The molecule has 1 heterocycles. The van der Waals surface area contributed by atoms with Gasteiger partial charge < -0.3 is 11.1 Å². The summed E-state index contributed by atoms with van der Waals surface area (Å²) in [6.07, 6.45) is 5.68. The van der Waals surface area contributed by atoms with Gasteiger partial charge in [0.05, 0.1) is 0 Å². The summed E-state index contributed by atoms with van der Waals surface area (Å²) in [4.78, 5) is 15.7. The number of amidine groups is 1. The van der Waals surface area contributed by atoms with Gasteiger partial charge in [0.25, 0.3) is 0 Å². The number of thioether (sulfide) groups is 1. The molecule has 5 heteroatoms. The second-order valence-corrected chi connectivity index (χ2v) is 7.23. The van der Waals surface area contributed by atoms with Crippen molar-refractivity contribution >= 4 is 22.8 Å². The SMILES string of the molecule is CC(C)(CC(N)=O)NC1=NCC2(CCCC2)CS1. The van der Waals surface area contributed by atoms with Crippen molar-refractivity contribution in [3.8, 4) is 0 Å². The van der Waals surface area contributed by atoms with Gasteiger partial charge >= 0.3 is 0 Å². The van der Waals surface area contributed by atoms with Gasteiger partial charge in [0.15, 0.2) is 5.17 Å². The normalized spacial score (nSPS) is 22.9. The van der Waals surface area contributed by atoms with Gasteiger partial charge in [0.1, 0.15) is 0 Å². The molecule has 4 nitrogen and oxygen atoms in total. The number of hydrogen-bond donors (Lipinski definition) is 2. The number of primary amides is 1. The zero-order valence-corrected chi connectivity index (χ0v) is 12.1. The van der Waals surface area contributed by atoms with Crippen LogP contribution < -0.4 is 11.1 Å². The quantitative estimate of drug-likeness (QED) is 0.822. The van der Waals surface area contributed by atoms with Gasteiger partial charge in [-0.25, -0.2) is 0 Å². The molecule has 3 N–H and O–H groups in total. The number of rotatable bonds is 3. The molecular formula is C13H23N3OS. The molecule has 2 rings (SSSR count).